The third-order valence-corrected chi connectivity index (χ3v) is 2.12. The van der Waals surface area contributed by atoms with Crippen LogP contribution in [0, 0.1) is 5.41 Å². The van der Waals surface area contributed by atoms with Crippen LogP contribution in [0.25, 0.3) is 0 Å². The fraction of sp³-hybridized carbons (Fsp3) is 0.889. The summed E-state index contributed by atoms with van der Waals surface area (Å²) in [4.78, 5) is 16.5. The van der Waals surface area contributed by atoms with E-state index in [1.807, 2.05) is 25.8 Å². The molecule has 76 valence electrons. The molecule has 0 aromatic heterocycles. The first kappa shape index (κ1) is 10.5. The van der Waals surface area contributed by atoms with Crippen molar-refractivity contribution in [2.75, 3.05) is 20.2 Å². The van der Waals surface area contributed by atoms with E-state index in [1.54, 1.807) is 7.11 Å². The van der Waals surface area contributed by atoms with Gasteiger partial charge in [-0.1, -0.05) is 20.8 Å². The Labute approximate surface area is 79.2 Å². The molecule has 0 aliphatic carbocycles. The van der Waals surface area contributed by atoms with E-state index >= 15 is 0 Å². The Kier molecular flexibility index (Phi) is 2.93. The van der Waals surface area contributed by atoms with E-state index in [0.717, 1.165) is 13.1 Å². The maximum atomic E-state index is 11.5. The molecule has 1 aliphatic rings. The highest BCUT2D eigenvalue weighted by Crippen LogP contribution is 2.15. The normalized spacial score (nSPS) is 19.7. The summed E-state index contributed by atoms with van der Waals surface area (Å²) < 4.78 is 0. The molecule has 0 bridgehead atoms. The maximum Gasteiger partial charge on any atom is 0.225 e. The first-order valence-corrected chi connectivity index (χ1v) is 4.53. The molecule has 1 fully saturated rings. The van der Waals surface area contributed by atoms with Crippen LogP contribution in [0.3, 0.4) is 0 Å². The van der Waals surface area contributed by atoms with Gasteiger partial charge in [0.1, 0.15) is 0 Å². The molecule has 4 nitrogen and oxygen atoms in total. The Morgan fingerprint density at radius 3 is 2.38 bits per heavy atom. The number of rotatable bonds is 2. The van der Waals surface area contributed by atoms with Crippen LogP contribution < -0.4 is 5.32 Å². The Morgan fingerprint density at radius 1 is 1.46 bits per heavy atom. The van der Waals surface area contributed by atoms with Gasteiger partial charge in [0, 0.05) is 18.5 Å². The number of hydroxylamine groups is 2. The van der Waals surface area contributed by atoms with Gasteiger partial charge in [0.15, 0.2) is 0 Å². The molecule has 0 unspecified atom stereocenters. The van der Waals surface area contributed by atoms with E-state index in [0.29, 0.717) is 0 Å². The van der Waals surface area contributed by atoms with E-state index in [1.165, 1.54) is 0 Å². The molecule has 0 radical (unpaired) electrons. The average Bonchev–Trinajstić information content (AvgIpc) is 1.93. The largest absolute Gasteiger partial charge is 0.350 e. The molecule has 1 rings (SSSR count). The predicted octanol–water partition coefficient (Wildman–Crippen LogP) is 0.394. The zero-order valence-electron chi connectivity index (χ0n) is 8.76. The average molecular weight is 186 g/mol. The number of hydrogen-bond acceptors (Lipinski definition) is 3. The van der Waals surface area contributed by atoms with Gasteiger partial charge in [-0.2, -0.15) is 5.06 Å². The van der Waals surface area contributed by atoms with E-state index in [4.69, 9.17) is 4.84 Å². The summed E-state index contributed by atoms with van der Waals surface area (Å²) in [6.07, 6.45) is 0. The van der Waals surface area contributed by atoms with Crippen LogP contribution in [0.2, 0.25) is 0 Å². The summed E-state index contributed by atoms with van der Waals surface area (Å²) in [5.74, 6) is 0.105. The van der Waals surface area contributed by atoms with Crippen LogP contribution in [0.15, 0.2) is 0 Å². The summed E-state index contributed by atoms with van der Waals surface area (Å²) in [6, 6.07) is 0.256. The highest BCUT2D eigenvalue weighted by molar-refractivity contribution is 5.81. The van der Waals surface area contributed by atoms with Gasteiger partial charge in [-0.3, -0.25) is 4.79 Å². The molecule has 1 aliphatic heterocycles. The molecular formula is C9H18N2O2. The van der Waals surface area contributed by atoms with Crippen LogP contribution in [-0.4, -0.2) is 37.2 Å². The second-order valence-electron chi connectivity index (χ2n) is 4.45. The fourth-order valence-corrected chi connectivity index (χ4v) is 1.08. The number of nitrogens with zero attached hydrogens (tertiary/aromatic N) is 1. The summed E-state index contributed by atoms with van der Waals surface area (Å²) in [5, 5.41) is 4.77. The number of nitrogens with one attached hydrogen (secondary N) is 1. The third kappa shape index (κ3) is 2.67. The SMILES string of the molecule is CON1CC(NC(=O)C(C)(C)C)C1. The van der Waals surface area contributed by atoms with E-state index in [-0.39, 0.29) is 17.4 Å². The van der Waals surface area contributed by atoms with Crippen molar-refractivity contribution >= 4 is 5.91 Å². The first-order valence-electron chi connectivity index (χ1n) is 4.53. The highest BCUT2D eigenvalue weighted by Gasteiger charge is 2.31. The van der Waals surface area contributed by atoms with Gasteiger partial charge in [0.05, 0.1) is 13.2 Å². The molecule has 1 N–H and O–H groups in total. The molecule has 0 saturated carbocycles. The Bertz CT molecular complexity index is 192. The maximum absolute atomic E-state index is 11.5. The Balaban J connectivity index is 2.25. The van der Waals surface area contributed by atoms with Crippen LogP contribution in [0.1, 0.15) is 20.8 Å². The summed E-state index contributed by atoms with van der Waals surface area (Å²) in [7, 11) is 1.64. The lowest BCUT2D eigenvalue weighted by atomic mass is 9.95. The van der Waals surface area contributed by atoms with Crippen molar-refractivity contribution in [1.82, 2.24) is 10.4 Å². The minimum atomic E-state index is -0.298. The van der Waals surface area contributed by atoms with Gasteiger partial charge in [-0.15, -0.1) is 0 Å². The standard InChI is InChI=1S/C9H18N2O2/c1-9(2,3)8(12)10-7-5-11(6-7)13-4/h7H,5-6H2,1-4H3,(H,10,12). The highest BCUT2D eigenvalue weighted by atomic mass is 16.7. The van der Waals surface area contributed by atoms with Gasteiger partial charge in [0.25, 0.3) is 0 Å². The van der Waals surface area contributed by atoms with Crippen molar-refractivity contribution < 1.29 is 9.63 Å². The molecule has 0 spiro atoms. The first-order chi connectivity index (χ1) is 5.93. The quantitative estimate of drug-likeness (QED) is 0.678. The summed E-state index contributed by atoms with van der Waals surface area (Å²) in [5.41, 5.74) is -0.298. The van der Waals surface area contributed by atoms with E-state index in [9.17, 15) is 4.79 Å². The monoisotopic (exact) mass is 186 g/mol. The van der Waals surface area contributed by atoms with Gasteiger partial charge in [0.2, 0.25) is 5.91 Å². The minimum absolute atomic E-state index is 0.105. The van der Waals surface area contributed by atoms with Crippen molar-refractivity contribution in [3.63, 3.8) is 0 Å². The minimum Gasteiger partial charge on any atom is -0.350 e. The molecule has 4 heteroatoms. The lowest BCUT2D eigenvalue weighted by Crippen LogP contribution is -2.60. The van der Waals surface area contributed by atoms with Gasteiger partial charge >= 0.3 is 0 Å². The zero-order chi connectivity index (χ0) is 10.1. The molecule has 1 heterocycles. The van der Waals surface area contributed by atoms with Crippen LogP contribution in [0.4, 0.5) is 0 Å². The molecule has 0 aromatic carbocycles. The lowest BCUT2D eigenvalue weighted by Gasteiger charge is -2.38. The van der Waals surface area contributed by atoms with E-state index < -0.39 is 0 Å². The van der Waals surface area contributed by atoms with Crippen molar-refractivity contribution in [2.24, 2.45) is 5.41 Å². The van der Waals surface area contributed by atoms with Gasteiger partial charge in [-0.05, 0) is 0 Å². The second-order valence-corrected chi connectivity index (χ2v) is 4.45. The number of carbonyl (C=O) groups is 1. The topological polar surface area (TPSA) is 41.6 Å². The van der Waals surface area contributed by atoms with E-state index in [2.05, 4.69) is 5.32 Å². The molecule has 0 aromatic rings. The molecule has 1 amide bonds. The third-order valence-electron chi connectivity index (χ3n) is 2.12. The zero-order valence-corrected chi connectivity index (χ0v) is 8.76. The smallest absolute Gasteiger partial charge is 0.225 e. The number of carbonyl (C=O) groups excluding carboxylic acids is 1. The number of hydrogen-bond donors (Lipinski definition) is 1. The molecule has 0 atom stereocenters. The van der Waals surface area contributed by atoms with Crippen molar-refractivity contribution in [3.8, 4) is 0 Å². The Morgan fingerprint density at radius 2 is 2.00 bits per heavy atom. The summed E-state index contributed by atoms with van der Waals surface area (Å²) >= 11 is 0. The van der Waals surface area contributed by atoms with Crippen LogP contribution >= 0.6 is 0 Å². The van der Waals surface area contributed by atoms with Crippen molar-refractivity contribution in [1.29, 1.82) is 0 Å². The van der Waals surface area contributed by atoms with Crippen LogP contribution in [0.5, 0.6) is 0 Å². The van der Waals surface area contributed by atoms with Gasteiger partial charge < -0.3 is 10.2 Å². The summed E-state index contributed by atoms with van der Waals surface area (Å²) in [6.45, 7) is 7.32. The fourth-order valence-electron chi connectivity index (χ4n) is 1.08. The predicted molar refractivity (Wildman–Crippen MR) is 50.0 cm³/mol. The van der Waals surface area contributed by atoms with Crippen molar-refractivity contribution in [2.45, 2.75) is 26.8 Å². The Hall–Kier alpha value is -0.610. The van der Waals surface area contributed by atoms with Crippen LogP contribution in [-0.2, 0) is 9.63 Å². The molecule has 13 heavy (non-hydrogen) atoms. The number of amides is 1. The van der Waals surface area contributed by atoms with Gasteiger partial charge in [-0.25, -0.2) is 0 Å². The molecule has 1 saturated heterocycles. The molecular weight excluding hydrogens is 168 g/mol. The second kappa shape index (κ2) is 3.64. The van der Waals surface area contributed by atoms with Crippen molar-refractivity contribution in [3.05, 3.63) is 0 Å². The lowest BCUT2D eigenvalue weighted by molar-refractivity contribution is -0.186.